The number of aromatic nitrogens is 3. The maximum absolute atomic E-state index is 11.8. The van der Waals surface area contributed by atoms with Gasteiger partial charge in [0.2, 0.25) is 0 Å². The zero-order valence-corrected chi connectivity index (χ0v) is 12.7. The monoisotopic (exact) mass is 310 g/mol. The summed E-state index contributed by atoms with van der Waals surface area (Å²) in [4.78, 5) is 18.4. The van der Waals surface area contributed by atoms with Crippen LogP contribution in [-0.4, -0.2) is 34.2 Å². The van der Waals surface area contributed by atoms with Crippen molar-refractivity contribution in [2.75, 3.05) is 13.2 Å². The van der Waals surface area contributed by atoms with Crippen molar-refractivity contribution >= 4 is 16.9 Å². The molecule has 1 heterocycles. The Morgan fingerprint density at radius 2 is 1.87 bits per heavy atom. The van der Waals surface area contributed by atoms with Crippen LogP contribution in [0.1, 0.15) is 12.0 Å². The molecule has 6 nitrogen and oxygen atoms in total. The van der Waals surface area contributed by atoms with Crippen LogP contribution in [-0.2, 0) is 11.2 Å². The molecule has 6 heteroatoms. The SMILES string of the molecule is O=C(COn1nnc2ccccc21)NCCCc1ccccc1. The fourth-order valence-corrected chi connectivity index (χ4v) is 2.28. The van der Waals surface area contributed by atoms with Crippen LogP contribution < -0.4 is 10.2 Å². The highest BCUT2D eigenvalue weighted by Gasteiger charge is 2.07. The highest BCUT2D eigenvalue weighted by molar-refractivity contribution is 5.77. The number of fused-ring (bicyclic) bond motifs is 1. The minimum absolute atomic E-state index is 0.0846. The van der Waals surface area contributed by atoms with E-state index in [9.17, 15) is 4.79 Å². The van der Waals surface area contributed by atoms with Crippen LogP contribution in [0.5, 0.6) is 0 Å². The molecule has 0 aliphatic carbocycles. The van der Waals surface area contributed by atoms with Gasteiger partial charge < -0.3 is 10.2 Å². The molecule has 0 fully saturated rings. The molecule has 1 N–H and O–H groups in total. The minimum atomic E-state index is -0.169. The van der Waals surface area contributed by atoms with Gasteiger partial charge in [-0.15, -0.1) is 5.10 Å². The second-order valence-electron chi connectivity index (χ2n) is 5.16. The third kappa shape index (κ3) is 4.06. The van der Waals surface area contributed by atoms with E-state index in [0.717, 1.165) is 23.9 Å². The Labute approximate surface area is 134 Å². The average Bonchev–Trinajstić information content (AvgIpc) is 3.01. The Morgan fingerprint density at radius 3 is 2.74 bits per heavy atom. The lowest BCUT2D eigenvalue weighted by Gasteiger charge is -2.07. The van der Waals surface area contributed by atoms with E-state index in [0.29, 0.717) is 6.54 Å². The lowest BCUT2D eigenvalue weighted by Crippen LogP contribution is -2.32. The van der Waals surface area contributed by atoms with Crippen LogP contribution in [0.25, 0.3) is 11.0 Å². The van der Waals surface area contributed by atoms with Crippen LogP contribution in [0, 0.1) is 0 Å². The zero-order chi connectivity index (χ0) is 15.9. The Hall–Kier alpha value is -2.89. The van der Waals surface area contributed by atoms with E-state index in [2.05, 4.69) is 27.8 Å². The van der Waals surface area contributed by atoms with Gasteiger partial charge in [0.15, 0.2) is 6.61 Å². The lowest BCUT2D eigenvalue weighted by molar-refractivity contribution is -0.126. The molecule has 1 amide bonds. The Bertz CT molecular complexity index is 770. The Balaban J connectivity index is 1.40. The molecular formula is C17H18N4O2. The molecular weight excluding hydrogens is 292 g/mol. The number of aryl methyl sites for hydroxylation is 1. The minimum Gasteiger partial charge on any atom is -0.385 e. The largest absolute Gasteiger partial charge is 0.385 e. The third-order valence-electron chi connectivity index (χ3n) is 3.45. The molecule has 3 rings (SSSR count). The molecule has 0 aliphatic heterocycles. The van der Waals surface area contributed by atoms with Crippen molar-refractivity contribution in [2.24, 2.45) is 0 Å². The first-order chi connectivity index (χ1) is 11.3. The molecule has 0 saturated heterocycles. The van der Waals surface area contributed by atoms with Gasteiger partial charge in [-0.2, -0.15) is 0 Å². The predicted octanol–water partition coefficient (Wildman–Crippen LogP) is 1.61. The average molecular weight is 310 g/mol. The molecule has 118 valence electrons. The number of hydrogen-bond donors (Lipinski definition) is 1. The van der Waals surface area contributed by atoms with Gasteiger partial charge in [-0.05, 0) is 35.8 Å². The van der Waals surface area contributed by atoms with Gasteiger partial charge >= 0.3 is 0 Å². The maximum atomic E-state index is 11.8. The Kier molecular flexibility index (Phi) is 4.83. The van der Waals surface area contributed by atoms with E-state index in [1.54, 1.807) is 0 Å². The van der Waals surface area contributed by atoms with Crippen molar-refractivity contribution in [3.63, 3.8) is 0 Å². The van der Waals surface area contributed by atoms with Crippen molar-refractivity contribution in [1.29, 1.82) is 0 Å². The summed E-state index contributed by atoms with van der Waals surface area (Å²) in [7, 11) is 0. The summed E-state index contributed by atoms with van der Waals surface area (Å²) in [5.41, 5.74) is 2.74. The van der Waals surface area contributed by atoms with Gasteiger partial charge in [-0.25, -0.2) is 0 Å². The molecule has 0 radical (unpaired) electrons. The first kappa shape index (κ1) is 15.0. The van der Waals surface area contributed by atoms with Crippen molar-refractivity contribution in [1.82, 2.24) is 20.5 Å². The molecule has 0 saturated carbocycles. The highest BCUT2D eigenvalue weighted by atomic mass is 16.7. The summed E-state index contributed by atoms with van der Waals surface area (Å²) in [5.74, 6) is -0.169. The lowest BCUT2D eigenvalue weighted by atomic mass is 10.1. The number of hydrogen-bond acceptors (Lipinski definition) is 4. The quantitative estimate of drug-likeness (QED) is 0.673. The zero-order valence-electron chi connectivity index (χ0n) is 12.7. The number of benzene rings is 2. The van der Waals surface area contributed by atoms with Crippen LogP contribution in [0.2, 0.25) is 0 Å². The van der Waals surface area contributed by atoms with Gasteiger partial charge in [0.25, 0.3) is 5.91 Å². The normalized spacial score (nSPS) is 10.6. The number of para-hydroxylation sites is 1. The molecule has 3 aromatic rings. The summed E-state index contributed by atoms with van der Waals surface area (Å²) in [6.07, 6.45) is 1.83. The molecule has 0 bridgehead atoms. The van der Waals surface area contributed by atoms with E-state index in [-0.39, 0.29) is 12.5 Å². The summed E-state index contributed by atoms with van der Waals surface area (Å²) < 4.78 is 0. The number of nitrogens with one attached hydrogen (secondary N) is 1. The standard InChI is InChI=1S/C17H18N4O2/c22-17(18-12-6-9-14-7-2-1-3-8-14)13-23-21-16-11-5-4-10-15(16)19-20-21/h1-5,7-8,10-11H,6,9,12-13H2,(H,18,22). The number of carbonyl (C=O) groups excluding carboxylic acids is 1. The Morgan fingerprint density at radius 1 is 1.09 bits per heavy atom. The summed E-state index contributed by atoms with van der Waals surface area (Å²) in [5, 5.41) is 10.7. The summed E-state index contributed by atoms with van der Waals surface area (Å²) >= 11 is 0. The number of nitrogens with zero attached hydrogens (tertiary/aromatic N) is 3. The first-order valence-electron chi connectivity index (χ1n) is 7.57. The molecule has 0 aliphatic rings. The number of carbonyl (C=O) groups is 1. The topological polar surface area (TPSA) is 69.0 Å². The smallest absolute Gasteiger partial charge is 0.260 e. The van der Waals surface area contributed by atoms with Gasteiger partial charge in [0.1, 0.15) is 11.0 Å². The second kappa shape index (κ2) is 7.40. The predicted molar refractivity (Wildman–Crippen MR) is 86.7 cm³/mol. The fraction of sp³-hybridized carbons (Fsp3) is 0.235. The van der Waals surface area contributed by atoms with E-state index in [1.807, 2.05) is 42.5 Å². The van der Waals surface area contributed by atoms with Gasteiger partial charge in [0.05, 0.1) is 0 Å². The van der Waals surface area contributed by atoms with E-state index >= 15 is 0 Å². The summed E-state index contributed by atoms with van der Waals surface area (Å²) in [6, 6.07) is 17.6. The second-order valence-corrected chi connectivity index (χ2v) is 5.16. The third-order valence-corrected chi connectivity index (χ3v) is 3.45. The van der Waals surface area contributed by atoms with Gasteiger partial charge in [-0.1, -0.05) is 47.3 Å². The van der Waals surface area contributed by atoms with Gasteiger partial charge in [-0.3, -0.25) is 4.79 Å². The molecule has 0 spiro atoms. The molecule has 1 aromatic heterocycles. The van der Waals surface area contributed by atoms with E-state index < -0.39 is 0 Å². The van der Waals surface area contributed by atoms with Crippen molar-refractivity contribution < 1.29 is 9.63 Å². The van der Waals surface area contributed by atoms with Crippen LogP contribution >= 0.6 is 0 Å². The number of amides is 1. The fourth-order valence-electron chi connectivity index (χ4n) is 2.28. The van der Waals surface area contributed by atoms with Crippen LogP contribution in [0.3, 0.4) is 0 Å². The van der Waals surface area contributed by atoms with E-state index in [1.165, 1.54) is 10.4 Å². The maximum Gasteiger partial charge on any atom is 0.260 e. The molecule has 0 atom stereocenters. The van der Waals surface area contributed by atoms with Crippen LogP contribution in [0.4, 0.5) is 0 Å². The van der Waals surface area contributed by atoms with Crippen molar-refractivity contribution in [3.05, 3.63) is 60.2 Å². The first-order valence-corrected chi connectivity index (χ1v) is 7.57. The number of rotatable bonds is 7. The highest BCUT2D eigenvalue weighted by Crippen LogP contribution is 2.07. The van der Waals surface area contributed by atoms with Crippen LogP contribution in [0.15, 0.2) is 54.6 Å². The van der Waals surface area contributed by atoms with E-state index in [4.69, 9.17) is 4.84 Å². The molecule has 2 aromatic carbocycles. The van der Waals surface area contributed by atoms with Crippen molar-refractivity contribution in [2.45, 2.75) is 12.8 Å². The molecule has 23 heavy (non-hydrogen) atoms. The molecule has 0 unspecified atom stereocenters. The van der Waals surface area contributed by atoms with Gasteiger partial charge in [0, 0.05) is 6.54 Å². The summed E-state index contributed by atoms with van der Waals surface area (Å²) in [6.45, 7) is 0.536. The van der Waals surface area contributed by atoms with Crippen molar-refractivity contribution in [3.8, 4) is 0 Å².